The zero-order valence-corrected chi connectivity index (χ0v) is 14.7. The van der Waals surface area contributed by atoms with Crippen molar-refractivity contribution in [3.8, 4) is 16.3 Å². The number of amides is 2. The van der Waals surface area contributed by atoms with Gasteiger partial charge >= 0.3 is 0 Å². The highest BCUT2D eigenvalue weighted by Gasteiger charge is 2.12. The van der Waals surface area contributed by atoms with E-state index >= 15 is 0 Å². The zero-order chi connectivity index (χ0) is 18.4. The Balaban J connectivity index is 1.53. The lowest BCUT2D eigenvalue weighted by Gasteiger charge is -2.06. The van der Waals surface area contributed by atoms with Gasteiger partial charge in [-0.1, -0.05) is 30.3 Å². The number of nitrogens with one attached hydrogen (secondary N) is 1. The molecule has 0 saturated carbocycles. The Hall–Kier alpha value is -3.19. The molecule has 0 aliphatic heterocycles. The largest absolute Gasteiger partial charge is 0.492 e. The van der Waals surface area contributed by atoms with Crippen molar-refractivity contribution >= 4 is 23.2 Å². The Morgan fingerprint density at radius 3 is 2.50 bits per heavy atom. The van der Waals surface area contributed by atoms with Gasteiger partial charge in [0.1, 0.15) is 22.2 Å². The fourth-order valence-corrected chi connectivity index (χ4v) is 3.06. The van der Waals surface area contributed by atoms with Gasteiger partial charge in [0.05, 0.1) is 12.7 Å². The van der Waals surface area contributed by atoms with Gasteiger partial charge in [0.25, 0.3) is 5.91 Å². The molecule has 6 nitrogen and oxygen atoms in total. The summed E-state index contributed by atoms with van der Waals surface area (Å²) >= 11 is 1.28. The molecule has 3 aromatic rings. The van der Waals surface area contributed by atoms with Crippen LogP contribution in [0.25, 0.3) is 10.6 Å². The van der Waals surface area contributed by atoms with Crippen LogP contribution >= 0.6 is 11.3 Å². The molecule has 0 spiro atoms. The van der Waals surface area contributed by atoms with E-state index in [2.05, 4.69) is 10.3 Å². The average molecular weight is 367 g/mol. The molecule has 132 valence electrons. The Morgan fingerprint density at radius 1 is 1.08 bits per heavy atom. The Morgan fingerprint density at radius 2 is 1.81 bits per heavy atom. The second-order valence-corrected chi connectivity index (χ2v) is 6.42. The van der Waals surface area contributed by atoms with E-state index in [1.807, 2.05) is 30.3 Å². The molecule has 3 rings (SSSR count). The predicted octanol–water partition coefficient (Wildman–Crippen LogP) is 2.72. The molecular weight excluding hydrogens is 350 g/mol. The van der Waals surface area contributed by atoms with Crippen molar-refractivity contribution in [2.45, 2.75) is 0 Å². The van der Waals surface area contributed by atoms with Crippen LogP contribution in [0.1, 0.15) is 20.0 Å². The monoisotopic (exact) mass is 367 g/mol. The Bertz CT molecular complexity index is 892. The Labute approximate surface area is 154 Å². The smallest absolute Gasteiger partial charge is 0.263 e. The molecule has 0 radical (unpaired) electrons. The van der Waals surface area contributed by atoms with Gasteiger partial charge in [-0.25, -0.2) is 4.98 Å². The Kier molecular flexibility index (Phi) is 5.60. The van der Waals surface area contributed by atoms with Gasteiger partial charge in [-0.15, -0.1) is 11.3 Å². The summed E-state index contributed by atoms with van der Waals surface area (Å²) in [5.41, 5.74) is 6.48. The third-order valence-electron chi connectivity index (χ3n) is 3.55. The number of carbonyl (C=O) groups is 2. The maximum absolute atomic E-state index is 12.2. The fourth-order valence-electron chi connectivity index (χ4n) is 2.23. The summed E-state index contributed by atoms with van der Waals surface area (Å²) in [4.78, 5) is 28.1. The number of aromatic nitrogens is 1. The SMILES string of the molecule is NC(=O)c1ccc(-c2ncc(C(=O)NCCOc3ccccc3)s2)cc1. The topological polar surface area (TPSA) is 94.3 Å². The van der Waals surface area contributed by atoms with Crippen molar-refractivity contribution < 1.29 is 14.3 Å². The lowest BCUT2D eigenvalue weighted by molar-refractivity contribution is 0.0949. The lowest BCUT2D eigenvalue weighted by Crippen LogP contribution is -2.27. The molecule has 26 heavy (non-hydrogen) atoms. The maximum atomic E-state index is 12.2. The van der Waals surface area contributed by atoms with E-state index < -0.39 is 5.91 Å². The van der Waals surface area contributed by atoms with Crippen LogP contribution in [-0.4, -0.2) is 29.9 Å². The number of carbonyl (C=O) groups excluding carboxylic acids is 2. The van der Waals surface area contributed by atoms with Crippen molar-refractivity contribution in [1.29, 1.82) is 0 Å². The summed E-state index contributed by atoms with van der Waals surface area (Å²) in [7, 11) is 0. The normalized spacial score (nSPS) is 10.3. The molecular formula is C19H17N3O3S. The summed E-state index contributed by atoms with van der Waals surface area (Å²) in [6.45, 7) is 0.782. The molecule has 0 fully saturated rings. The van der Waals surface area contributed by atoms with Crippen molar-refractivity contribution in [2.75, 3.05) is 13.2 Å². The number of nitrogens with zero attached hydrogens (tertiary/aromatic N) is 1. The van der Waals surface area contributed by atoms with Crippen molar-refractivity contribution in [3.05, 3.63) is 71.2 Å². The minimum atomic E-state index is -0.478. The molecule has 1 heterocycles. The molecule has 0 atom stereocenters. The second-order valence-electron chi connectivity index (χ2n) is 5.39. The summed E-state index contributed by atoms with van der Waals surface area (Å²) in [6.07, 6.45) is 1.54. The summed E-state index contributed by atoms with van der Waals surface area (Å²) < 4.78 is 5.53. The van der Waals surface area contributed by atoms with Crippen molar-refractivity contribution in [2.24, 2.45) is 5.73 Å². The fraction of sp³-hybridized carbons (Fsp3) is 0.105. The van der Waals surface area contributed by atoms with E-state index in [1.165, 1.54) is 17.5 Å². The molecule has 1 aromatic heterocycles. The number of thiazole rings is 1. The van der Waals surface area contributed by atoms with Crippen LogP contribution in [0.2, 0.25) is 0 Å². The number of hydrogen-bond donors (Lipinski definition) is 2. The standard InChI is InChI=1S/C19H17N3O3S/c20-17(23)13-6-8-14(9-7-13)19-22-12-16(26-19)18(24)21-10-11-25-15-4-2-1-3-5-15/h1-9,12H,10-11H2,(H2,20,23)(H,21,24). The van der Waals surface area contributed by atoms with Gasteiger partial charge in [0.2, 0.25) is 5.91 Å². The summed E-state index contributed by atoms with van der Waals surface area (Å²) in [5, 5.41) is 3.50. The van der Waals surface area contributed by atoms with Gasteiger partial charge in [-0.3, -0.25) is 9.59 Å². The number of nitrogens with two attached hydrogens (primary N) is 1. The van der Waals surface area contributed by atoms with E-state index in [0.29, 0.717) is 28.6 Å². The van der Waals surface area contributed by atoms with E-state index in [1.54, 1.807) is 24.3 Å². The number of ether oxygens (including phenoxy) is 1. The molecule has 0 saturated heterocycles. The van der Waals surface area contributed by atoms with Gasteiger partial charge in [-0.2, -0.15) is 0 Å². The van der Waals surface area contributed by atoms with Gasteiger partial charge in [0.15, 0.2) is 0 Å². The molecule has 3 N–H and O–H groups in total. The van der Waals surface area contributed by atoms with E-state index in [4.69, 9.17) is 10.5 Å². The lowest BCUT2D eigenvalue weighted by atomic mass is 10.1. The van der Waals surface area contributed by atoms with Crippen LogP contribution in [0.3, 0.4) is 0 Å². The minimum absolute atomic E-state index is 0.195. The molecule has 7 heteroatoms. The summed E-state index contributed by atoms with van der Waals surface area (Å²) in [5.74, 6) is 0.0916. The van der Waals surface area contributed by atoms with Crippen LogP contribution in [-0.2, 0) is 0 Å². The van der Waals surface area contributed by atoms with Crippen LogP contribution < -0.4 is 15.8 Å². The number of rotatable bonds is 7. The second kappa shape index (κ2) is 8.26. The first-order chi connectivity index (χ1) is 12.6. The van der Waals surface area contributed by atoms with Crippen LogP contribution in [0, 0.1) is 0 Å². The van der Waals surface area contributed by atoms with Crippen LogP contribution in [0.5, 0.6) is 5.75 Å². The van der Waals surface area contributed by atoms with E-state index in [-0.39, 0.29) is 5.91 Å². The molecule has 2 aromatic carbocycles. The first kappa shape index (κ1) is 17.6. The number of hydrogen-bond acceptors (Lipinski definition) is 5. The third-order valence-corrected chi connectivity index (χ3v) is 4.59. The highest BCUT2D eigenvalue weighted by atomic mass is 32.1. The van der Waals surface area contributed by atoms with E-state index in [0.717, 1.165) is 11.3 Å². The summed E-state index contributed by atoms with van der Waals surface area (Å²) in [6, 6.07) is 16.2. The molecule has 0 aliphatic rings. The van der Waals surface area contributed by atoms with Gasteiger partial charge in [-0.05, 0) is 24.3 Å². The third kappa shape index (κ3) is 4.46. The highest BCUT2D eigenvalue weighted by molar-refractivity contribution is 7.16. The minimum Gasteiger partial charge on any atom is -0.492 e. The quantitative estimate of drug-likeness (QED) is 0.628. The van der Waals surface area contributed by atoms with Crippen LogP contribution in [0.4, 0.5) is 0 Å². The van der Waals surface area contributed by atoms with Gasteiger partial charge in [0, 0.05) is 11.1 Å². The van der Waals surface area contributed by atoms with Gasteiger partial charge < -0.3 is 15.8 Å². The molecule has 0 bridgehead atoms. The first-order valence-corrected chi connectivity index (χ1v) is 8.77. The number of para-hydroxylation sites is 1. The molecule has 2 amide bonds. The number of primary amides is 1. The van der Waals surface area contributed by atoms with Crippen molar-refractivity contribution in [1.82, 2.24) is 10.3 Å². The van der Waals surface area contributed by atoms with E-state index in [9.17, 15) is 9.59 Å². The first-order valence-electron chi connectivity index (χ1n) is 7.95. The highest BCUT2D eigenvalue weighted by Crippen LogP contribution is 2.25. The predicted molar refractivity (Wildman–Crippen MR) is 100 cm³/mol. The van der Waals surface area contributed by atoms with Crippen molar-refractivity contribution in [3.63, 3.8) is 0 Å². The molecule has 0 aliphatic carbocycles. The van der Waals surface area contributed by atoms with Crippen LogP contribution in [0.15, 0.2) is 60.8 Å². The molecule has 0 unspecified atom stereocenters. The number of benzene rings is 2. The maximum Gasteiger partial charge on any atom is 0.263 e. The average Bonchev–Trinajstić information content (AvgIpc) is 3.16. The zero-order valence-electron chi connectivity index (χ0n) is 13.8.